The first-order valence-corrected chi connectivity index (χ1v) is 6.37. The molecular formula is C13H24ClN3O3. The van der Waals surface area contributed by atoms with Crippen molar-refractivity contribution < 1.29 is 14.1 Å². The molecule has 116 valence electrons. The number of aromatic nitrogens is 1. The second-order valence-corrected chi connectivity index (χ2v) is 5.43. The van der Waals surface area contributed by atoms with E-state index in [1.54, 1.807) is 13.2 Å². The van der Waals surface area contributed by atoms with Gasteiger partial charge in [-0.15, -0.1) is 12.4 Å². The average molecular weight is 306 g/mol. The number of nitrogens with one attached hydrogen (secondary N) is 1. The molecule has 0 aromatic carbocycles. The molecule has 0 aliphatic rings. The Kier molecular flexibility index (Phi) is 7.78. The van der Waals surface area contributed by atoms with E-state index < -0.39 is 5.54 Å². The number of carbonyl (C=O) groups is 1. The zero-order valence-corrected chi connectivity index (χ0v) is 13.3. The highest BCUT2D eigenvalue weighted by atomic mass is 35.5. The third kappa shape index (κ3) is 5.48. The van der Waals surface area contributed by atoms with Crippen molar-refractivity contribution in [2.45, 2.75) is 39.3 Å². The number of rotatable bonds is 7. The average Bonchev–Trinajstić information content (AvgIpc) is 2.77. The van der Waals surface area contributed by atoms with Crippen LogP contribution in [0.25, 0.3) is 0 Å². The number of nitrogens with two attached hydrogens (primary N) is 1. The zero-order valence-electron chi connectivity index (χ0n) is 12.4. The first-order valence-electron chi connectivity index (χ1n) is 6.37. The number of carbonyl (C=O) groups excluding carboxylic acids is 1. The topological polar surface area (TPSA) is 90.4 Å². The first kappa shape index (κ1) is 18.9. The fourth-order valence-electron chi connectivity index (χ4n) is 2.05. The summed E-state index contributed by atoms with van der Waals surface area (Å²) in [6, 6.07) is 1.57. The van der Waals surface area contributed by atoms with Gasteiger partial charge in [0, 0.05) is 19.7 Å². The Bertz CT molecular complexity index is 423. The number of amides is 1. The molecule has 0 spiro atoms. The van der Waals surface area contributed by atoms with Gasteiger partial charge in [-0.1, -0.05) is 19.0 Å². The van der Waals surface area contributed by atoms with Crippen LogP contribution in [0.2, 0.25) is 0 Å². The van der Waals surface area contributed by atoms with E-state index in [0.29, 0.717) is 24.8 Å². The van der Waals surface area contributed by atoms with E-state index in [9.17, 15) is 4.79 Å². The van der Waals surface area contributed by atoms with Gasteiger partial charge in [0.1, 0.15) is 6.61 Å². The molecule has 0 saturated carbocycles. The molecule has 20 heavy (non-hydrogen) atoms. The Morgan fingerprint density at radius 1 is 1.60 bits per heavy atom. The van der Waals surface area contributed by atoms with Gasteiger partial charge in [-0.25, -0.2) is 0 Å². The summed E-state index contributed by atoms with van der Waals surface area (Å²) < 4.78 is 9.90. The minimum Gasteiger partial charge on any atom is -0.377 e. The summed E-state index contributed by atoms with van der Waals surface area (Å²) >= 11 is 0. The van der Waals surface area contributed by atoms with Crippen LogP contribution in [0.15, 0.2) is 10.6 Å². The van der Waals surface area contributed by atoms with Crippen LogP contribution in [-0.4, -0.2) is 30.3 Å². The molecule has 0 saturated heterocycles. The molecule has 1 heterocycles. The number of ether oxygens (including phenoxy) is 1. The summed E-state index contributed by atoms with van der Waals surface area (Å²) in [6.07, 6.45) is 0.804. The second-order valence-electron chi connectivity index (χ2n) is 5.43. The highest BCUT2D eigenvalue weighted by Crippen LogP contribution is 2.16. The van der Waals surface area contributed by atoms with Crippen molar-refractivity contribution in [3.05, 3.63) is 17.5 Å². The van der Waals surface area contributed by atoms with E-state index in [1.165, 1.54) is 0 Å². The molecule has 1 aromatic heterocycles. The van der Waals surface area contributed by atoms with E-state index in [-0.39, 0.29) is 24.0 Å². The molecule has 0 aliphatic heterocycles. The van der Waals surface area contributed by atoms with Gasteiger partial charge < -0.3 is 20.3 Å². The lowest BCUT2D eigenvalue weighted by Gasteiger charge is -2.30. The van der Waals surface area contributed by atoms with Crippen molar-refractivity contribution in [2.75, 3.05) is 13.7 Å². The van der Waals surface area contributed by atoms with Crippen molar-refractivity contribution in [3.8, 4) is 0 Å². The van der Waals surface area contributed by atoms with Gasteiger partial charge in [-0.2, -0.15) is 0 Å². The van der Waals surface area contributed by atoms with Crippen molar-refractivity contribution in [1.29, 1.82) is 0 Å². The first-order chi connectivity index (χ1) is 8.90. The molecule has 3 N–H and O–H groups in total. The summed E-state index contributed by atoms with van der Waals surface area (Å²) in [7, 11) is 1.55. The van der Waals surface area contributed by atoms with Crippen LogP contribution in [-0.2, 0) is 11.3 Å². The van der Waals surface area contributed by atoms with Gasteiger partial charge in [0.15, 0.2) is 11.5 Å². The van der Waals surface area contributed by atoms with Gasteiger partial charge in [0.05, 0.1) is 5.54 Å². The van der Waals surface area contributed by atoms with Gasteiger partial charge in [-0.05, 0) is 19.3 Å². The lowest BCUT2D eigenvalue weighted by atomic mass is 9.90. The van der Waals surface area contributed by atoms with Crippen LogP contribution < -0.4 is 11.1 Å². The van der Waals surface area contributed by atoms with Gasteiger partial charge in [-0.3, -0.25) is 4.79 Å². The van der Waals surface area contributed by atoms with Crippen LogP contribution in [0.3, 0.4) is 0 Å². The maximum atomic E-state index is 12.1. The predicted octanol–water partition coefficient (Wildman–Crippen LogP) is 1.74. The molecule has 0 fully saturated rings. The molecule has 1 unspecified atom stereocenters. The Morgan fingerprint density at radius 3 is 2.75 bits per heavy atom. The minimum absolute atomic E-state index is 0. The zero-order chi connectivity index (χ0) is 14.5. The Hall–Kier alpha value is -1.11. The quantitative estimate of drug-likeness (QED) is 0.800. The SMILES string of the molecule is COCc1cc(C(=O)NC(C)(CN)CC(C)C)no1.Cl. The largest absolute Gasteiger partial charge is 0.377 e. The smallest absolute Gasteiger partial charge is 0.273 e. The Labute approximate surface area is 125 Å². The third-order valence-electron chi connectivity index (χ3n) is 2.80. The normalized spacial score (nSPS) is 13.7. The molecule has 0 radical (unpaired) electrons. The number of halogens is 1. The maximum Gasteiger partial charge on any atom is 0.273 e. The predicted molar refractivity (Wildman–Crippen MR) is 78.8 cm³/mol. The molecule has 1 amide bonds. The van der Waals surface area contributed by atoms with Gasteiger partial charge in [0.25, 0.3) is 5.91 Å². The third-order valence-corrected chi connectivity index (χ3v) is 2.80. The molecular weight excluding hydrogens is 282 g/mol. The van der Waals surface area contributed by atoms with Crippen LogP contribution in [0.5, 0.6) is 0 Å². The lowest BCUT2D eigenvalue weighted by molar-refractivity contribution is 0.0888. The van der Waals surface area contributed by atoms with E-state index in [1.807, 2.05) is 6.92 Å². The van der Waals surface area contributed by atoms with Crippen molar-refractivity contribution in [2.24, 2.45) is 11.7 Å². The fourth-order valence-corrected chi connectivity index (χ4v) is 2.05. The summed E-state index contributed by atoms with van der Waals surface area (Å²) in [6.45, 7) is 6.78. The molecule has 6 nitrogen and oxygen atoms in total. The van der Waals surface area contributed by atoms with E-state index in [4.69, 9.17) is 15.0 Å². The van der Waals surface area contributed by atoms with Crippen molar-refractivity contribution in [3.63, 3.8) is 0 Å². The fraction of sp³-hybridized carbons (Fsp3) is 0.692. The van der Waals surface area contributed by atoms with Crippen molar-refractivity contribution in [1.82, 2.24) is 10.5 Å². The second kappa shape index (κ2) is 8.24. The van der Waals surface area contributed by atoms with E-state index in [2.05, 4.69) is 24.3 Å². The molecule has 1 rings (SSSR count). The molecule has 0 aliphatic carbocycles. The number of methoxy groups -OCH3 is 1. The Balaban J connectivity index is 0.00000361. The van der Waals surface area contributed by atoms with Crippen LogP contribution >= 0.6 is 12.4 Å². The monoisotopic (exact) mass is 305 g/mol. The van der Waals surface area contributed by atoms with E-state index >= 15 is 0 Å². The van der Waals surface area contributed by atoms with E-state index in [0.717, 1.165) is 6.42 Å². The molecule has 1 aromatic rings. The molecule has 1 atom stereocenters. The summed E-state index contributed by atoms with van der Waals surface area (Å²) in [5.74, 6) is 0.681. The molecule has 0 bridgehead atoms. The maximum absolute atomic E-state index is 12.1. The number of hydrogen-bond acceptors (Lipinski definition) is 5. The van der Waals surface area contributed by atoms with Gasteiger partial charge in [0.2, 0.25) is 0 Å². The minimum atomic E-state index is -0.439. The summed E-state index contributed by atoms with van der Waals surface area (Å²) in [5.41, 5.74) is 5.56. The highest BCUT2D eigenvalue weighted by Gasteiger charge is 2.27. The standard InChI is InChI=1S/C13H23N3O3.ClH/c1-9(2)6-13(3,8-14)15-12(17)11-5-10(7-18-4)19-16-11;/h5,9H,6-8,14H2,1-4H3,(H,15,17);1H. The lowest BCUT2D eigenvalue weighted by Crippen LogP contribution is -2.52. The summed E-state index contributed by atoms with van der Waals surface area (Å²) in [4.78, 5) is 12.1. The Morgan fingerprint density at radius 2 is 2.25 bits per heavy atom. The van der Waals surface area contributed by atoms with Crippen LogP contribution in [0.4, 0.5) is 0 Å². The number of nitrogens with zero attached hydrogens (tertiary/aromatic N) is 1. The summed E-state index contributed by atoms with van der Waals surface area (Å²) in [5, 5.41) is 6.64. The van der Waals surface area contributed by atoms with Gasteiger partial charge >= 0.3 is 0 Å². The molecule has 7 heteroatoms. The highest BCUT2D eigenvalue weighted by molar-refractivity contribution is 5.92. The van der Waals surface area contributed by atoms with Crippen LogP contribution in [0.1, 0.15) is 43.4 Å². The van der Waals surface area contributed by atoms with Crippen LogP contribution in [0, 0.1) is 5.92 Å². The number of hydrogen-bond donors (Lipinski definition) is 2. The van der Waals surface area contributed by atoms with Crippen molar-refractivity contribution >= 4 is 18.3 Å².